The van der Waals surface area contributed by atoms with Gasteiger partial charge in [-0.25, -0.2) is 8.42 Å². The lowest BCUT2D eigenvalue weighted by Gasteiger charge is -2.34. The van der Waals surface area contributed by atoms with Gasteiger partial charge in [-0.05, 0) is 29.2 Å². The van der Waals surface area contributed by atoms with Crippen molar-refractivity contribution in [2.45, 2.75) is 63.6 Å². The zero-order valence-electron chi connectivity index (χ0n) is 21.7. The number of rotatable bonds is 12. The molecule has 1 aliphatic carbocycles. The normalized spacial score (nSPS) is 17.3. The second-order valence-corrected chi connectivity index (χ2v) is 12.0. The average Bonchev–Trinajstić information content (AvgIpc) is 2.89. The molecule has 10 heteroatoms. The molecule has 3 atom stereocenters. The van der Waals surface area contributed by atoms with Crippen molar-refractivity contribution in [1.29, 1.82) is 0 Å². The summed E-state index contributed by atoms with van der Waals surface area (Å²) in [6, 6.07) is 12.7. The topological polar surface area (TPSA) is 142 Å². The minimum atomic E-state index is -3.49. The van der Waals surface area contributed by atoms with Crippen LogP contribution in [0.15, 0.2) is 42.5 Å². The number of aliphatic hydroxyl groups is 1. The van der Waals surface area contributed by atoms with Crippen molar-refractivity contribution in [3.8, 4) is 0 Å². The molecule has 0 aliphatic heterocycles. The third-order valence-electron chi connectivity index (χ3n) is 6.98. The molecule has 1 fully saturated rings. The number of fused-ring (bicyclic) bond motifs is 1. The van der Waals surface area contributed by atoms with E-state index < -0.39 is 39.9 Å². The Bertz CT molecular complexity index is 1170. The van der Waals surface area contributed by atoms with Crippen molar-refractivity contribution in [3.63, 3.8) is 0 Å². The van der Waals surface area contributed by atoms with E-state index in [1.165, 1.54) is 10.6 Å². The zero-order chi connectivity index (χ0) is 27.0. The quantitative estimate of drug-likeness (QED) is 0.327. The third-order valence-corrected chi connectivity index (χ3v) is 8.28. The third kappa shape index (κ3) is 8.49. The van der Waals surface area contributed by atoms with Crippen LogP contribution in [0.25, 0.3) is 10.8 Å². The van der Waals surface area contributed by atoms with Crippen molar-refractivity contribution in [1.82, 2.24) is 14.9 Å². The van der Waals surface area contributed by atoms with Gasteiger partial charge in [-0.1, -0.05) is 68.7 Å². The number of hydrogen-bond donors (Lipinski definition) is 4. The van der Waals surface area contributed by atoms with E-state index >= 15 is 0 Å². The summed E-state index contributed by atoms with van der Waals surface area (Å²) >= 11 is 0. The Kier molecular flexibility index (Phi) is 10.5. The minimum Gasteiger partial charge on any atom is -0.390 e. The van der Waals surface area contributed by atoms with Crippen molar-refractivity contribution < 1.29 is 23.1 Å². The van der Waals surface area contributed by atoms with Crippen LogP contribution in [-0.2, 0) is 26.0 Å². The van der Waals surface area contributed by atoms with Crippen molar-refractivity contribution in [2.24, 2.45) is 11.7 Å². The Labute approximate surface area is 219 Å². The maximum absolute atomic E-state index is 13.2. The van der Waals surface area contributed by atoms with Crippen LogP contribution in [0.1, 0.15) is 44.6 Å². The second-order valence-electron chi connectivity index (χ2n) is 10.1. The molecule has 9 nitrogen and oxygen atoms in total. The van der Waals surface area contributed by atoms with Crippen LogP contribution < -0.4 is 16.4 Å². The Balaban J connectivity index is 1.74. The number of benzene rings is 2. The van der Waals surface area contributed by atoms with Gasteiger partial charge in [-0.3, -0.25) is 9.59 Å². The molecule has 5 N–H and O–H groups in total. The Morgan fingerprint density at radius 1 is 1.08 bits per heavy atom. The molecule has 0 radical (unpaired) electrons. The predicted octanol–water partition coefficient (Wildman–Crippen LogP) is 1.53. The van der Waals surface area contributed by atoms with Gasteiger partial charge in [0.05, 0.1) is 12.4 Å². The van der Waals surface area contributed by atoms with E-state index in [1.54, 1.807) is 6.92 Å². The molecule has 2 aromatic rings. The van der Waals surface area contributed by atoms with Crippen LogP contribution >= 0.6 is 0 Å². The van der Waals surface area contributed by atoms with Gasteiger partial charge in [0.15, 0.2) is 0 Å². The summed E-state index contributed by atoms with van der Waals surface area (Å²) in [6.45, 7) is 1.71. The fourth-order valence-corrected chi connectivity index (χ4v) is 6.07. The summed E-state index contributed by atoms with van der Waals surface area (Å²) in [5.74, 6) is -1.49. The van der Waals surface area contributed by atoms with Gasteiger partial charge in [0.25, 0.3) is 0 Å². The monoisotopic (exact) mass is 532 g/mol. The van der Waals surface area contributed by atoms with Gasteiger partial charge in [-0.15, -0.1) is 0 Å². The first kappa shape index (κ1) is 29.0. The fraction of sp³-hybridized carbons (Fsp3) is 0.556. The Morgan fingerprint density at radius 2 is 1.76 bits per heavy atom. The van der Waals surface area contributed by atoms with Crippen molar-refractivity contribution >= 4 is 32.6 Å². The van der Waals surface area contributed by atoms with Crippen LogP contribution in [0.3, 0.4) is 0 Å². The van der Waals surface area contributed by atoms with E-state index in [9.17, 15) is 23.1 Å². The van der Waals surface area contributed by atoms with Crippen LogP contribution in [0.2, 0.25) is 0 Å². The van der Waals surface area contributed by atoms with E-state index in [0.717, 1.165) is 48.4 Å². The number of nitrogens with zero attached hydrogens (tertiary/aromatic N) is 1. The van der Waals surface area contributed by atoms with E-state index in [-0.39, 0.29) is 32.1 Å². The number of nitrogens with two attached hydrogens (primary N) is 1. The number of amides is 2. The summed E-state index contributed by atoms with van der Waals surface area (Å²) in [5.41, 5.74) is 6.32. The highest BCUT2D eigenvalue weighted by Crippen LogP contribution is 2.25. The maximum atomic E-state index is 13.2. The number of aliphatic hydroxyl groups excluding tert-OH is 1. The Hall–Kier alpha value is -2.53. The smallest absolute Gasteiger partial charge is 0.243 e. The summed E-state index contributed by atoms with van der Waals surface area (Å²) in [6.07, 6.45) is 5.15. The van der Waals surface area contributed by atoms with Gasteiger partial charge in [-0.2, -0.15) is 4.31 Å². The molecule has 0 spiro atoms. The van der Waals surface area contributed by atoms with Gasteiger partial charge >= 0.3 is 0 Å². The number of sulfonamides is 1. The second kappa shape index (κ2) is 13.3. The first-order chi connectivity index (χ1) is 17.6. The number of carbonyl (C=O) groups is 2. The van der Waals surface area contributed by atoms with Crippen molar-refractivity contribution in [3.05, 3.63) is 48.0 Å². The molecule has 0 aromatic heterocycles. The maximum Gasteiger partial charge on any atom is 0.243 e. The van der Waals surface area contributed by atoms with E-state index in [2.05, 4.69) is 10.6 Å². The molecule has 0 heterocycles. The summed E-state index contributed by atoms with van der Waals surface area (Å²) in [7, 11) is -3.49. The van der Waals surface area contributed by atoms with Crippen molar-refractivity contribution in [2.75, 3.05) is 25.9 Å². The summed E-state index contributed by atoms with van der Waals surface area (Å²) in [4.78, 5) is 26.3. The lowest BCUT2D eigenvalue weighted by molar-refractivity contribution is -0.131. The summed E-state index contributed by atoms with van der Waals surface area (Å²) in [5, 5.41) is 17.4. The largest absolute Gasteiger partial charge is 0.390 e. The molecule has 2 aromatic carbocycles. The molecule has 3 rings (SSSR count). The van der Waals surface area contributed by atoms with Crippen LogP contribution in [0, 0.1) is 5.92 Å². The number of hydrogen-bond acceptors (Lipinski definition) is 6. The van der Waals surface area contributed by atoms with Gasteiger partial charge in [0.2, 0.25) is 21.8 Å². The molecule has 0 saturated heterocycles. The molecule has 1 saturated carbocycles. The van der Waals surface area contributed by atoms with Gasteiger partial charge in [0, 0.05) is 38.0 Å². The van der Waals surface area contributed by atoms with Crippen LogP contribution in [0.4, 0.5) is 0 Å². The van der Waals surface area contributed by atoms with E-state index in [0.29, 0.717) is 0 Å². The van der Waals surface area contributed by atoms with E-state index in [1.807, 2.05) is 42.5 Å². The Morgan fingerprint density at radius 3 is 2.41 bits per heavy atom. The standard InChI is InChI=1S/C27H40N4O5S/c1-19(18-31(37(2,35)36)23-10-4-3-5-11-23)26(33)30-25(27(34)29-17-24(32)16-28)15-20-12-13-21-8-6-7-9-22(21)14-20/h6-9,12-14,19,23-25,32H,3-5,10-11,15-18,28H2,1-2H3,(H,29,34)(H,30,33)/t19?,24?,25-/m1/s1. The minimum absolute atomic E-state index is 0.00150. The molecule has 2 amide bonds. The molecule has 1 aliphatic rings. The molecule has 0 bridgehead atoms. The summed E-state index contributed by atoms with van der Waals surface area (Å²) < 4.78 is 26.5. The van der Waals surface area contributed by atoms with E-state index in [4.69, 9.17) is 5.73 Å². The SMILES string of the molecule is CC(CN(C1CCCCC1)S(C)(=O)=O)C(=O)N[C@H](Cc1ccc2ccccc2c1)C(=O)NCC(O)CN. The average molecular weight is 533 g/mol. The molecular formula is C27H40N4O5S. The fourth-order valence-electron chi connectivity index (χ4n) is 4.83. The highest BCUT2D eigenvalue weighted by atomic mass is 32.2. The first-order valence-electron chi connectivity index (χ1n) is 13.0. The number of carbonyl (C=O) groups excluding carboxylic acids is 2. The highest BCUT2D eigenvalue weighted by Gasteiger charge is 2.32. The molecule has 37 heavy (non-hydrogen) atoms. The number of nitrogens with one attached hydrogen (secondary N) is 2. The lowest BCUT2D eigenvalue weighted by atomic mass is 9.95. The predicted molar refractivity (Wildman–Crippen MR) is 145 cm³/mol. The molecular weight excluding hydrogens is 492 g/mol. The zero-order valence-corrected chi connectivity index (χ0v) is 22.5. The first-order valence-corrected chi connectivity index (χ1v) is 14.8. The molecule has 2 unspecified atom stereocenters. The molecule has 204 valence electrons. The van der Waals surface area contributed by atoms with Gasteiger partial charge in [0.1, 0.15) is 6.04 Å². The lowest BCUT2D eigenvalue weighted by Crippen LogP contribution is -2.52. The van der Waals surface area contributed by atoms with Crippen LogP contribution in [-0.4, -0.2) is 73.7 Å². The van der Waals surface area contributed by atoms with Crippen LogP contribution in [0.5, 0.6) is 0 Å². The van der Waals surface area contributed by atoms with Gasteiger partial charge < -0.3 is 21.5 Å². The highest BCUT2D eigenvalue weighted by molar-refractivity contribution is 7.88.